The predicted octanol–water partition coefficient (Wildman–Crippen LogP) is 3.14. The van der Waals surface area contributed by atoms with Crippen LogP contribution in [0.1, 0.15) is 77.6 Å². The fourth-order valence-electron chi connectivity index (χ4n) is 4.50. The van der Waals surface area contributed by atoms with Crippen LogP contribution < -0.4 is 0 Å². The second-order valence-corrected chi connectivity index (χ2v) is 8.08. The molecule has 6 nitrogen and oxygen atoms in total. The largest absolute Gasteiger partial charge is 0.466 e. The zero-order chi connectivity index (χ0) is 19.2. The molecular weight excluding hydrogens is 348 g/mol. The first-order valence-electron chi connectivity index (χ1n) is 10.6. The second kappa shape index (κ2) is 9.78. The van der Waals surface area contributed by atoms with Crippen LogP contribution in [0, 0.1) is 5.92 Å². The standard InChI is InChI=1S/C21H32O6/c1-2-25-21(24)19-12-11-18(26-16-7-3-14(22)4-8-16)13-20(19)27-17-9-5-15(23)6-10-17/h16-20H,2-13H2,1H3. The Labute approximate surface area is 161 Å². The van der Waals surface area contributed by atoms with E-state index in [1.165, 1.54) is 0 Å². The van der Waals surface area contributed by atoms with E-state index in [0.717, 1.165) is 32.1 Å². The number of ether oxygens (including phenoxy) is 3. The highest BCUT2D eigenvalue weighted by molar-refractivity contribution is 5.79. The van der Waals surface area contributed by atoms with Crippen molar-refractivity contribution in [3.63, 3.8) is 0 Å². The van der Waals surface area contributed by atoms with Gasteiger partial charge in [-0.15, -0.1) is 0 Å². The molecule has 0 saturated heterocycles. The molecule has 3 rings (SSSR count). The normalized spacial score (nSPS) is 31.1. The molecule has 3 fully saturated rings. The van der Waals surface area contributed by atoms with Gasteiger partial charge in [-0.05, 0) is 45.4 Å². The van der Waals surface area contributed by atoms with Crippen molar-refractivity contribution >= 4 is 17.5 Å². The molecule has 3 saturated carbocycles. The minimum absolute atomic E-state index is 0.0377. The molecule has 3 aliphatic rings. The lowest BCUT2D eigenvalue weighted by atomic mass is 9.83. The minimum atomic E-state index is -0.254. The first-order valence-corrected chi connectivity index (χ1v) is 10.6. The van der Waals surface area contributed by atoms with Crippen LogP contribution in [-0.4, -0.2) is 48.6 Å². The molecule has 0 N–H and O–H groups in total. The van der Waals surface area contributed by atoms with Gasteiger partial charge < -0.3 is 14.2 Å². The van der Waals surface area contributed by atoms with Crippen LogP contribution in [0.3, 0.4) is 0 Å². The number of hydrogen-bond acceptors (Lipinski definition) is 6. The summed E-state index contributed by atoms with van der Waals surface area (Å²) in [5.74, 6) is 0.189. The molecule has 0 radical (unpaired) electrons. The second-order valence-electron chi connectivity index (χ2n) is 8.08. The maximum Gasteiger partial charge on any atom is 0.311 e. The molecule has 152 valence electrons. The molecule has 3 aliphatic carbocycles. The van der Waals surface area contributed by atoms with Crippen molar-refractivity contribution in [2.45, 2.75) is 102 Å². The molecule has 0 heterocycles. The Hall–Kier alpha value is -1.27. The molecular formula is C21H32O6. The van der Waals surface area contributed by atoms with Gasteiger partial charge in [0.25, 0.3) is 0 Å². The summed E-state index contributed by atoms with van der Waals surface area (Å²) < 4.78 is 17.8. The third-order valence-corrected chi connectivity index (χ3v) is 6.07. The summed E-state index contributed by atoms with van der Waals surface area (Å²) in [6, 6.07) is 0. The summed E-state index contributed by atoms with van der Waals surface area (Å²) in [7, 11) is 0. The summed E-state index contributed by atoms with van der Waals surface area (Å²) in [5.41, 5.74) is 0. The van der Waals surface area contributed by atoms with E-state index in [0.29, 0.717) is 56.7 Å². The van der Waals surface area contributed by atoms with E-state index in [1.807, 2.05) is 6.92 Å². The average molecular weight is 380 g/mol. The maximum atomic E-state index is 12.4. The van der Waals surface area contributed by atoms with Crippen LogP contribution in [0.4, 0.5) is 0 Å². The van der Waals surface area contributed by atoms with Gasteiger partial charge in [0.15, 0.2) is 0 Å². The van der Waals surface area contributed by atoms with Crippen LogP contribution >= 0.6 is 0 Å². The molecule has 0 aromatic carbocycles. The molecule has 0 aliphatic heterocycles. The Morgan fingerprint density at radius 2 is 1.37 bits per heavy atom. The van der Waals surface area contributed by atoms with Crippen molar-refractivity contribution in [1.82, 2.24) is 0 Å². The lowest BCUT2D eigenvalue weighted by Crippen LogP contribution is -2.43. The van der Waals surface area contributed by atoms with Crippen molar-refractivity contribution in [2.75, 3.05) is 6.61 Å². The van der Waals surface area contributed by atoms with Crippen molar-refractivity contribution in [1.29, 1.82) is 0 Å². The number of rotatable bonds is 6. The maximum absolute atomic E-state index is 12.4. The van der Waals surface area contributed by atoms with E-state index in [-0.39, 0.29) is 36.3 Å². The van der Waals surface area contributed by atoms with Gasteiger partial charge in [-0.25, -0.2) is 0 Å². The number of ketones is 2. The average Bonchev–Trinajstić information content (AvgIpc) is 2.66. The van der Waals surface area contributed by atoms with Crippen molar-refractivity contribution in [3.8, 4) is 0 Å². The molecule has 0 amide bonds. The lowest BCUT2D eigenvalue weighted by molar-refractivity contribution is -0.168. The number of hydrogen-bond donors (Lipinski definition) is 0. The summed E-state index contributed by atoms with van der Waals surface area (Å²) >= 11 is 0. The van der Waals surface area contributed by atoms with Crippen molar-refractivity contribution < 1.29 is 28.6 Å². The summed E-state index contributed by atoms with van der Waals surface area (Å²) in [5, 5.41) is 0. The number of carbonyl (C=O) groups excluding carboxylic acids is 3. The smallest absolute Gasteiger partial charge is 0.311 e. The molecule has 0 bridgehead atoms. The fourth-order valence-corrected chi connectivity index (χ4v) is 4.50. The Balaban J connectivity index is 1.57. The van der Waals surface area contributed by atoms with Gasteiger partial charge in [-0.1, -0.05) is 0 Å². The van der Waals surface area contributed by atoms with Crippen LogP contribution in [0.5, 0.6) is 0 Å². The molecule has 3 unspecified atom stereocenters. The van der Waals surface area contributed by atoms with Crippen LogP contribution in [0.15, 0.2) is 0 Å². The highest BCUT2D eigenvalue weighted by Crippen LogP contribution is 2.34. The first-order chi connectivity index (χ1) is 13.0. The number of esters is 1. The third kappa shape index (κ3) is 5.85. The molecule has 3 atom stereocenters. The van der Waals surface area contributed by atoms with Crippen LogP contribution in [-0.2, 0) is 28.6 Å². The summed E-state index contributed by atoms with van der Waals surface area (Å²) in [4.78, 5) is 35.3. The zero-order valence-electron chi connectivity index (χ0n) is 16.3. The SMILES string of the molecule is CCOC(=O)C1CCC(OC2CCC(=O)CC2)CC1OC1CCC(=O)CC1. The summed E-state index contributed by atoms with van der Waals surface area (Å²) in [6.45, 7) is 2.19. The minimum Gasteiger partial charge on any atom is -0.466 e. The highest BCUT2D eigenvalue weighted by atomic mass is 16.5. The Kier molecular flexibility index (Phi) is 7.41. The molecule has 0 spiro atoms. The van der Waals surface area contributed by atoms with Gasteiger partial charge in [0.2, 0.25) is 0 Å². The third-order valence-electron chi connectivity index (χ3n) is 6.07. The van der Waals surface area contributed by atoms with Gasteiger partial charge in [-0.2, -0.15) is 0 Å². The Bertz CT molecular complexity index is 525. The molecule has 27 heavy (non-hydrogen) atoms. The zero-order valence-corrected chi connectivity index (χ0v) is 16.3. The topological polar surface area (TPSA) is 78.9 Å². The lowest BCUT2D eigenvalue weighted by Gasteiger charge is -2.39. The van der Waals surface area contributed by atoms with Crippen molar-refractivity contribution in [3.05, 3.63) is 0 Å². The van der Waals surface area contributed by atoms with Crippen LogP contribution in [0.2, 0.25) is 0 Å². The Morgan fingerprint density at radius 1 is 0.815 bits per heavy atom. The van der Waals surface area contributed by atoms with Gasteiger partial charge in [-0.3, -0.25) is 14.4 Å². The van der Waals surface area contributed by atoms with E-state index in [2.05, 4.69) is 0 Å². The van der Waals surface area contributed by atoms with Gasteiger partial charge in [0.05, 0.1) is 36.9 Å². The van der Waals surface area contributed by atoms with Crippen molar-refractivity contribution in [2.24, 2.45) is 5.92 Å². The monoisotopic (exact) mass is 380 g/mol. The van der Waals surface area contributed by atoms with E-state index in [9.17, 15) is 14.4 Å². The highest BCUT2D eigenvalue weighted by Gasteiger charge is 2.39. The number of Topliss-reactive ketones (excluding diaryl/α,β-unsaturated/α-hetero) is 2. The van der Waals surface area contributed by atoms with E-state index < -0.39 is 0 Å². The fraction of sp³-hybridized carbons (Fsp3) is 0.857. The molecule has 0 aromatic rings. The van der Waals surface area contributed by atoms with E-state index in [4.69, 9.17) is 14.2 Å². The first kappa shape index (κ1) is 20.5. The summed E-state index contributed by atoms with van der Waals surface area (Å²) in [6.07, 6.45) is 7.64. The van der Waals surface area contributed by atoms with Crippen LogP contribution in [0.25, 0.3) is 0 Å². The number of carbonyl (C=O) groups is 3. The van der Waals surface area contributed by atoms with E-state index in [1.54, 1.807) is 0 Å². The van der Waals surface area contributed by atoms with Gasteiger partial charge >= 0.3 is 5.97 Å². The predicted molar refractivity (Wildman–Crippen MR) is 98.2 cm³/mol. The Morgan fingerprint density at radius 3 is 1.93 bits per heavy atom. The molecule has 6 heteroatoms. The van der Waals surface area contributed by atoms with Gasteiger partial charge in [0, 0.05) is 32.1 Å². The molecule has 0 aromatic heterocycles. The quantitative estimate of drug-likeness (QED) is 0.659. The van der Waals surface area contributed by atoms with E-state index >= 15 is 0 Å². The van der Waals surface area contributed by atoms with Gasteiger partial charge in [0.1, 0.15) is 11.6 Å².